The molecule has 1 aromatic rings. The van der Waals surface area contributed by atoms with Gasteiger partial charge in [-0.2, -0.15) is 0 Å². The van der Waals surface area contributed by atoms with E-state index < -0.39 is 0 Å². The highest BCUT2D eigenvalue weighted by atomic mass is 16.3. The molecule has 1 heterocycles. The molecule has 0 aliphatic heterocycles. The Bertz CT molecular complexity index is 255. The Hall–Kier alpha value is -1.22. The van der Waals surface area contributed by atoms with Crippen LogP contribution in [0.2, 0.25) is 0 Å². The molecule has 0 saturated carbocycles. The van der Waals surface area contributed by atoms with Gasteiger partial charge >= 0.3 is 0 Å². The molecule has 0 spiro atoms. The van der Waals surface area contributed by atoms with Gasteiger partial charge in [0.15, 0.2) is 0 Å². The SMILES string of the molecule is C.C=C(CCCN)NCCc1ccco1. The maximum absolute atomic E-state index is 5.40. The molecule has 0 bridgehead atoms. The molecule has 0 atom stereocenters. The molecule has 0 saturated heterocycles. The highest BCUT2D eigenvalue weighted by molar-refractivity contribution is 4.99. The lowest BCUT2D eigenvalue weighted by Gasteiger charge is -2.07. The van der Waals surface area contributed by atoms with Crippen LogP contribution >= 0.6 is 0 Å². The number of hydrogen-bond donors (Lipinski definition) is 2. The first-order valence-corrected chi connectivity index (χ1v) is 4.97. The van der Waals surface area contributed by atoms with E-state index in [2.05, 4.69) is 11.9 Å². The Labute approximate surface area is 92.4 Å². The van der Waals surface area contributed by atoms with Crippen LogP contribution in [0.25, 0.3) is 0 Å². The van der Waals surface area contributed by atoms with E-state index in [0.29, 0.717) is 0 Å². The topological polar surface area (TPSA) is 51.2 Å². The van der Waals surface area contributed by atoms with E-state index >= 15 is 0 Å². The highest BCUT2D eigenvalue weighted by Crippen LogP contribution is 2.01. The van der Waals surface area contributed by atoms with E-state index in [1.807, 2.05) is 12.1 Å². The molecule has 3 N–H and O–H groups in total. The van der Waals surface area contributed by atoms with Crippen molar-refractivity contribution in [2.75, 3.05) is 13.1 Å². The standard InChI is InChI=1S/C11H18N2O.CH4/c1-10(4-2-7-12)13-8-6-11-5-3-9-14-11;/h3,5,9,13H,1-2,4,6-8,12H2;1H4. The minimum absolute atomic E-state index is 0. The summed E-state index contributed by atoms with van der Waals surface area (Å²) in [6, 6.07) is 3.88. The second-order valence-electron chi connectivity index (χ2n) is 3.25. The van der Waals surface area contributed by atoms with Crippen LogP contribution in [-0.4, -0.2) is 13.1 Å². The summed E-state index contributed by atoms with van der Waals surface area (Å²) < 4.78 is 5.21. The number of rotatable bonds is 7. The van der Waals surface area contributed by atoms with Crippen molar-refractivity contribution in [1.29, 1.82) is 0 Å². The Kier molecular flexibility index (Phi) is 7.46. The molecule has 0 aromatic carbocycles. The molecule has 3 heteroatoms. The molecular formula is C12H22N2O. The first kappa shape index (κ1) is 13.8. The van der Waals surface area contributed by atoms with Gasteiger partial charge in [-0.25, -0.2) is 0 Å². The molecule has 1 aromatic heterocycles. The second-order valence-corrected chi connectivity index (χ2v) is 3.25. The van der Waals surface area contributed by atoms with Crippen LogP contribution in [0.4, 0.5) is 0 Å². The number of allylic oxidation sites excluding steroid dienone is 1. The molecule has 0 fully saturated rings. The fourth-order valence-corrected chi connectivity index (χ4v) is 1.22. The summed E-state index contributed by atoms with van der Waals surface area (Å²) in [5, 5.41) is 3.25. The van der Waals surface area contributed by atoms with Crippen molar-refractivity contribution in [2.24, 2.45) is 5.73 Å². The minimum atomic E-state index is 0. The molecule has 86 valence electrons. The summed E-state index contributed by atoms with van der Waals surface area (Å²) in [5.74, 6) is 1.00. The van der Waals surface area contributed by atoms with Crippen LogP contribution in [-0.2, 0) is 6.42 Å². The van der Waals surface area contributed by atoms with Crippen molar-refractivity contribution in [2.45, 2.75) is 26.7 Å². The third-order valence-electron chi connectivity index (χ3n) is 2.01. The van der Waals surface area contributed by atoms with Crippen molar-refractivity contribution in [1.82, 2.24) is 5.32 Å². The van der Waals surface area contributed by atoms with E-state index in [0.717, 1.165) is 43.8 Å². The fourth-order valence-electron chi connectivity index (χ4n) is 1.22. The summed E-state index contributed by atoms with van der Waals surface area (Å²) in [5.41, 5.74) is 6.46. The summed E-state index contributed by atoms with van der Waals surface area (Å²) in [7, 11) is 0. The summed E-state index contributed by atoms with van der Waals surface area (Å²) in [4.78, 5) is 0. The Morgan fingerprint density at radius 3 is 2.93 bits per heavy atom. The van der Waals surface area contributed by atoms with Gasteiger partial charge in [0.05, 0.1) is 6.26 Å². The normalized spacial score (nSPS) is 9.40. The van der Waals surface area contributed by atoms with Gasteiger partial charge in [0.25, 0.3) is 0 Å². The molecule has 0 amide bonds. The van der Waals surface area contributed by atoms with E-state index in [4.69, 9.17) is 10.2 Å². The lowest BCUT2D eigenvalue weighted by molar-refractivity contribution is 0.503. The van der Waals surface area contributed by atoms with Gasteiger partial charge in [-0.3, -0.25) is 0 Å². The summed E-state index contributed by atoms with van der Waals surface area (Å²) in [6.07, 6.45) is 4.54. The quantitative estimate of drug-likeness (QED) is 0.726. The van der Waals surface area contributed by atoms with Crippen molar-refractivity contribution in [3.8, 4) is 0 Å². The van der Waals surface area contributed by atoms with Crippen molar-refractivity contribution < 1.29 is 4.42 Å². The van der Waals surface area contributed by atoms with Crippen molar-refractivity contribution >= 4 is 0 Å². The average Bonchev–Trinajstić information content (AvgIpc) is 2.67. The van der Waals surface area contributed by atoms with Gasteiger partial charge in [0, 0.05) is 18.7 Å². The molecule has 0 radical (unpaired) electrons. The van der Waals surface area contributed by atoms with Gasteiger partial charge in [-0.05, 0) is 31.5 Å². The highest BCUT2D eigenvalue weighted by Gasteiger charge is 1.96. The van der Waals surface area contributed by atoms with Gasteiger partial charge < -0.3 is 15.5 Å². The first-order chi connectivity index (χ1) is 6.83. The molecule has 0 aliphatic rings. The first-order valence-electron chi connectivity index (χ1n) is 4.97. The molecule has 15 heavy (non-hydrogen) atoms. The molecular weight excluding hydrogens is 188 g/mol. The third kappa shape index (κ3) is 5.96. The van der Waals surface area contributed by atoms with Gasteiger partial charge in [-0.15, -0.1) is 0 Å². The zero-order chi connectivity index (χ0) is 10.2. The number of nitrogens with one attached hydrogen (secondary N) is 1. The molecule has 3 nitrogen and oxygen atoms in total. The van der Waals surface area contributed by atoms with E-state index in [-0.39, 0.29) is 7.43 Å². The Morgan fingerprint density at radius 2 is 2.33 bits per heavy atom. The smallest absolute Gasteiger partial charge is 0.105 e. The van der Waals surface area contributed by atoms with Crippen LogP contribution in [0, 0.1) is 0 Å². The lowest BCUT2D eigenvalue weighted by Crippen LogP contribution is -2.16. The minimum Gasteiger partial charge on any atom is -0.469 e. The average molecular weight is 210 g/mol. The molecule has 0 aliphatic carbocycles. The zero-order valence-electron chi connectivity index (χ0n) is 8.46. The van der Waals surface area contributed by atoms with Crippen LogP contribution in [0.5, 0.6) is 0 Å². The number of hydrogen-bond acceptors (Lipinski definition) is 3. The largest absolute Gasteiger partial charge is 0.469 e. The van der Waals surface area contributed by atoms with Gasteiger partial charge in [-0.1, -0.05) is 14.0 Å². The van der Waals surface area contributed by atoms with E-state index in [1.54, 1.807) is 6.26 Å². The van der Waals surface area contributed by atoms with E-state index in [1.165, 1.54) is 0 Å². The van der Waals surface area contributed by atoms with Crippen LogP contribution in [0.1, 0.15) is 26.0 Å². The van der Waals surface area contributed by atoms with Crippen LogP contribution in [0.3, 0.4) is 0 Å². The Balaban J connectivity index is 0.00000196. The fraction of sp³-hybridized carbons (Fsp3) is 0.500. The molecule has 0 unspecified atom stereocenters. The van der Waals surface area contributed by atoms with Crippen LogP contribution in [0.15, 0.2) is 35.1 Å². The van der Waals surface area contributed by atoms with Crippen molar-refractivity contribution in [3.05, 3.63) is 36.4 Å². The number of furan rings is 1. The second kappa shape index (κ2) is 8.12. The maximum Gasteiger partial charge on any atom is 0.105 e. The molecule has 1 rings (SSSR count). The lowest BCUT2D eigenvalue weighted by atomic mass is 10.2. The van der Waals surface area contributed by atoms with Gasteiger partial charge in [0.1, 0.15) is 5.76 Å². The predicted molar refractivity (Wildman–Crippen MR) is 64.6 cm³/mol. The van der Waals surface area contributed by atoms with E-state index in [9.17, 15) is 0 Å². The monoisotopic (exact) mass is 210 g/mol. The third-order valence-corrected chi connectivity index (χ3v) is 2.01. The predicted octanol–water partition coefficient (Wildman–Crippen LogP) is 2.30. The van der Waals surface area contributed by atoms with Crippen molar-refractivity contribution in [3.63, 3.8) is 0 Å². The Morgan fingerprint density at radius 1 is 1.53 bits per heavy atom. The maximum atomic E-state index is 5.40. The number of nitrogens with two attached hydrogens (primary N) is 1. The van der Waals surface area contributed by atoms with Crippen LogP contribution < -0.4 is 11.1 Å². The zero-order valence-corrected chi connectivity index (χ0v) is 8.46. The summed E-state index contributed by atoms with van der Waals surface area (Å²) in [6.45, 7) is 5.51. The van der Waals surface area contributed by atoms with Gasteiger partial charge in [0.2, 0.25) is 0 Å². The summed E-state index contributed by atoms with van der Waals surface area (Å²) >= 11 is 0.